The van der Waals surface area contributed by atoms with Gasteiger partial charge in [-0.05, 0) is 57.7 Å². The van der Waals surface area contributed by atoms with Gasteiger partial charge in [-0.15, -0.1) is 5.10 Å². The van der Waals surface area contributed by atoms with Gasteiger partial charge in [0, 0.05) is 19.3 Å². The van der Waals surface area contributed by atoms with Gasteiger partial charge in [-0.25, -0.2) is 14.6 Å². The van der Waals surface area contributed by atoms with Crippen LogP contribution in [0.25, 0.3) is 11.4 Å². The van der Waals surface area contributed by atoms with Gasteiger partial charge in [0.15, 0.2) is 0 Å². The van der Waals surface area contributed by atoms with E-state index in [9.17, 15) is 9.90 Å². The molecule has 0 unspecified atom stereocenters. The number of aryl methyl sites for hydroxylation is 2. The summed E-state index contributed by atoms with van der Waals surface area (Å²) >= 11 is 0. The molecule has 1 aliphatic rings. The lowest BCUT2D eigenvalue weighted by molar-refractivity contribution is -0.143. The van der Waals surface area contributed by atoms with Crippen LogP contribution in [0.15, 0.2) is 30.5 Å². The van der Waals surface area contributed by atoms with Gasteiger partial charge in [-0.2, -0.15) is 0 Å². The van der Waals surface area contributed by atoms with E-state index in [1.807, 2.05) is 45.2 Å². The lowest BCUT2D eigenvalue weighted by Crippen LogP contribution is -2.29. The van der Waals surface area contributed by atoms with Gasteiger partial charge in [0.05, 0.1) is 42.3 Å². The third-order valence-corrected chi connectivity index (χ3v) is 5.97. The Morgan fingerprint density at radius 1 is 1.29 bits per heavy atom. The SMILES string of the molecule is CCOc1ccnc(NCc2c(-c3ccc(O[C@H]4CCC[C@H](C(=O)O)C4)c(C)n3)nnn2C)c1. The van der Waals surface area contributed by atoms with E-state index in [0.717, 1.165) is 30.0 Å². The number of hydrogen-bond donors (Lipinski definition) is 2. The van der Waals surface area contributed by atoms with E-state index in [0.29, 0.717) is 48.9 Å². The summed E-state index contributed by atoms with van der Waals surface area (Å²) in [6.07, 6.45) is 4.52. The first-order valence-electron chi connectivity index (χ1n) is 11.5. The molecular formula is C24H30N6O4. The average Bonchev–Trinajstić information content (AvgIpc) is 3.20. The van der Waals surface area contributed by atoms with Crippen molar-refractivity contribution < 1.29 is 19.4 Å². The Labute approximate surface area is 198 Å². The van der Waals surface area contributed by atoms with Crippen molar-refractivity contribution in [2.75, 3.05) is 11.9 Å². The minimum Gasteiger partial charge on any atom is -0.494 e. The second-order valence-electron chi connectivity index (χ2n) is 8.39. The van der Waals surface area contributed by atoms with Crippen molar-refractivity contribution >= 4 is 11.8 Å². The van der Waals surface area contributed by atoms with Crippen LogP contribution in [0.5, 0.6) is 11.5 Å². The molecule has 2 atom stereocenters. The van der Waals surface area contributed by atoms with Gasteiger partial charge in [0.1, 0.15) is 23.0 Å². The van der Waals surface area contributed by atoms with Crippen LogP contribution in [0.1, 0.15) is 44.0 Å². The van der Waals surface area contributed by atoms with E-state index in [1.54, 1.807) is 10.9 Å². The number of carbonyl (C=O) groups is 1. The largest absolute Gasteiger partial charge is 0.494 e. The Balaban J connectivity index is 1.47. The minimum absolute atomic E-state index is 0.113. The molecule has 0 radical (unpaired) electrons. The Hall–Kier alpha value is -3.69. The Morgan fingerprint density at radius 2 is 2.15 bits per heavy atom. The summed E-state index contributed by atoms with van der Waals surface area (Å²) in [5, 5.41) is 21.1. The molecular weight excluding hydrogens is 436 g/mol. The number of rotatable bonds is 9. The van der Waals surface area contributed by atoms with Crippen LogP contribution in [0.2, 0.25) is 0 Å². The molecule has 34 heavy (non-hydrogen) atoms. The fourth-order valence-corrected chi connectivity index (χ4v) is 4.17. The standard InChI is InChI=1S/C24H30N6O4/c1-4-33-17-10-11-25-22(13-17)26-14-20-23(28-29-30(20)3)19-8-9-21(15(2)27-19)34-18-7-5-6-16(12-18)24(31)32/h8-11,13,16,18H,4-7,12,14H2,1-3H3,(H,25,26)(H,31,32)/t16-,18-/m0/s1. The first-order valence-corrected chi connectivity index (χ1v) is 11.5. The minimum atomic E-state index is -0.748. The third kappa shape index (κ3) is 5.44. The van der Waals surface area contributed by atoms with Crippen LogP contribution in [-0.2, 0) is 18.4 Å². The van der Waals surface area contributed by atoms with Crippen LogP contribution in [0.4, 0.5) is 5.82 Å². The number of nitrogens with one attached hydrogen (secondary N) is 1. The molecule has 1 aliphatic carbocycles. The highest BCUT2D eigenvalue weighted by Gasteiger charge is 2.28. The van der Waals surface area contributed by atoms with E-state index >= 15 is 0 Å². The molecule has 3 aromatic heterocycles. The average molecular weight is 467 g/mol. The quantitative estimate of drug-likeness (QED) is 0.486. The van der Waals surface area contributed by atoms with Crippen molar-refractivity contribution in [3.05, 3.63) is 41.9 Å². The van der Waals surface area contributed by atoms with Gasteiger partial charge in [0.2, 0.25) is 0 Å². The first-order chi connectivity index (χ1) is 16.4. The van der Waals surface area contributed by atoms with E-state index in [4.69, 9.17) is 14.5 Å². The topological polar surface area (TPSA) is 124 Å². The van der Waals surface area contributed by atoms with Gasteiger partial charge in [0.25, 0.3) is 0 Å². The number of anilines is 1. The summed E-state index contributed by atoms with van der Waals surface area (Å²) in [7, 11) is 1.84. The lowest BCUT2D eigenvalue weighted by Gasteiger charge is -2.27. The van der Waals surface area contributed by atoms with Crippen LogP contribution >= 0.6 is 0 Å². The number of nitrogens with zero attached hydrogens (tertiary/aromatic N) is 5. The molecule has 0 aliphatic heterocycles. The van der Waals surface area contributed by atoms with Gasteiger partial charge in [-0.3, -0.25) is 4.79 Å². The van der Waals surface area contributed by atoms with Crippen LogP contribution in [0, 0.1) is 12.8 Å². The normalized spacial score (nSPS) is 17.9. The molecule has 1 saturated carbocycles. The number of hydrogen-bond acceptors (Lipinski definition) is 8. The second-order valence-corrected chi connectivity index (χ2v) is 8.39. The second kappa shape index (κ2) is 10.5. The summed E-state index contributed by atoms with van der Waals surface area (Å²) in [4.78, 5) is 20.4. The molecule has 0 bridgehead atoms. The zero-order chi connectivity index (χ0) is 24.1. The smallest absolute Gasteiger partial charge is 0.306 e. The third-order valence-electron chi connectivity index (χ3n) is 5.97. The monoisotopic (exact) mass is 466 g/mol. The number of ether oxygens (including phenoxy) is 2. The molecule has 0 amide bonds. The zero-order valence-corrected chi connectivity index (χ0v) is 19.7. The summed E-state index contributed by atoms with van der Waals surface area (Å²) in [6.45, 7) is 4.87. The van der Waals surface area contributed by atoms with E-state index in [2.05, 4.69) is 20.6 Å². The molecule has 180 valence electrons. The van der Waals surface area contributed by atoms with Crippen molar-refractivity contribution in [3.8, 4) is 22.9 Å². The van der Waals surface area contributed by atoms with Crippen molar-refractivity contribution in [2.24, 2.45) is 13.0 Å². The maximum atomic E-state index is 11.3. The van der Waals surface area contributed by atoms with Crippen LogP contribution < -0.4 is 14.8 Å². The molecule has 2 N–H and O–H groups in total. The van der Waals surface area contributed by atoms with Crippen molar-refractivity contribution in [3.63, 3.8) is 0 Å². The van der Waals surface area contributed by atoms with Crippen molar-refractivity contribution in [1.82, 2.24) is 25.0 Å². The Bertz CT molecular complexity index is 1150. The lowest BCUT2D eigenvalue weighted by atomic mass is 9.87. The first kappa shape index (κ1) is 23.5. The molecule has 0 spiro atoms. The summed E-state index contributed by atoms with van der Waals surface area (Å²) < 4.78 is 13.4. The number of aliphatic carboxylic acids is 1. The van der Waals surface area contributed by atoms with Gasteiger partial charge in [-0.1, -0.05) is 5.21 Å². The molecule has 10 nitrogen and oxygen atoms in total. The van der Waals surface area contributed by atoms with E-state index < -0.39 is 5.97 Å². The Morgan fingerprint density at radius 3 is 2.91 bits per heavy atom. The van der Waals surface area contributed by atoms with Crippen LogP contribution in [0.3, 0.4) is 0 Å². The van der Waals surface area contributed by atoms with Gasteiger partial charge < -0.3 is 19.9 Å². The molecule has 3 aromatic rings. The highest BCUT2D eigenvalue weighted by Crippen LogP contribution is 2.30. The zero-order valence-electron chi connectivity index (χ0n) is 19.7. The predicted octanol–water partition coefficient (Wildman–Crippen LogP) is 3.61. The molecule has 10 heteroatoms. The Kier molecular flexibility index (Phi) is 7.24. The summed E-state index contributed by atoms with van der Waals surface area (Å²) in [5.74, 6) is 1.02. The van der Waals surface area contributed by atoms with E-state index in [1.165, 1.54) is 0 Å². The van der Waals surface area contributed by atoms with E-state index in [-0.39, 0.29) is 12.0 Å². The molecule has 3 heterocycles. The molecule has 0 aromatic carbocycles. The van der Waals surface area contributed by atoms with Crippen LogP contribution in [-0.4, -0.2) is 48.7 Å². The maximum Gasteiger partial charge on any atom is 0.306 e. The van der Waals surface area contributed by atoms with Crippen molar-refractivity contribution in [2.45, 2.75) is 52.2 Å². The highest BCUT2D eigenvalue weighted by molar-refractivity contribution is 5.70. The van der Waals surface area contributed by atoms with Crippen molar-refractivity contribution in [1.29, 1.82) is 0 Å². The summed E-state index contributed by atoms with van der Waals surface area (Å²) in [5.41, 5.74) is 2.96. The highest BCUT2D eigenvalue weighted by atomic mass is 16.5. The number of pyridine rings is 2. The maximum absolute atomic E-state index is 11.3. The molecule has 1 fully saturated rings. The summed E-state index contributed by atoms with van der Waals surface area (Å²) in [6, 6.07) is 7.40. The number of aromatic nitrogens is 5. The number of carboxylic acid groups (broad SMARTS) is 1. The predicted molar refractivity (Wildman–Crippen MR) is 126 cm³/mol. The fourth-order valence-electron chi connectivity index (χ4n) is 4.17. The fraction of sp³-hybridized carbons (Fsp3) is 0.458. The molecule has 0 saturated heterocycles. The number of carboxylic acids is 1. The molecule has 4 rings (SSSR count). The van der Waals surface area contributed by atoms with Gasteiger partial charge >= 0.3 is 5.97 Å².